The van der Waals surface area contributed by atoms with Crippen molar-refractivity contribution in [3.05, 3.63) is 23.8 Å². The number of halogens is 1. The highest BCUT2D eigenvalue weighted by atomic mass is 35.5. The van der Waals surface area contributed by atoms with E-state index in [1.165, 1.54) is 0 Å². The van der Waals surface area contributed by atoms with Gasteiger partial charge >= 0.3 is 0 Å². The first-order valence-corrected chi connectivity index (χ1v) is 6.23. The third-order valence-electron chi connectivity index (χ3n) is 2.71. The van der Waals surface area contributed by atoms with E-state index in [1.54, 1.807) is 32.4 Å². The summed E-state index contributed by atoms with van der Waals surface area (Å²) in [4.78, 5) is 14.0. The fraction of sp³-hybridized carbons (Fsp3) is 0.500. The largest absolute Gasteiger partial charge is 0.493 e. The minimum Gasteiger partial charge on any atom is -0.493 e. The van der Waals surface area contributed by atoms with Crippen LogP contribution in [0.4, 0.5) is 0 Å². The number of benzene rings is 1. The minimum atomic E-state index is -0.0975. The Balaban J connectivity index is 0.00000361. The Labute approximate surface area is 126 Å². The lowest BCUT2D eigenvalue weighted by Crippen LogP contribution is -2.27. The van der Waals surface area contributed by atoms with E-state index >= 15 is 0 Å². The van der Waals surface area contributed by atoms with Gasteiger partial charge in [0.05, 0.1) is 14.2 Å². The standard InChI is InChI=1S/C14H22N2O3.ClH/c1-16(2)9-5-8-15-14(17)11-6-7-12(18-3)13(10-11)19-4;/h6-7,10H,5,8-9H2,1-4H3,(H,15,17);1H. The number of hydrogen-bond acceptors (Lipinski definition) is 4. The molecule has 0 spiro atoms. The van der Waals surface area contributed by atoms with Crippen LogP contribution in [-0.2, 0) is 0 Å². The SMILES string of the molecule is COc1ccc(C(=O)NCCCN(C)C)cc1OC.Cl. The molecule has 1 rings (SSSR count). The van der Waals surface area contributed by atoms with Crippen molar-refractivity contribution < 1.29 is 14.3 Å². The van der Waals surface area contributed by atoms with Crippen molar-refractivity contribution >= 4 is 18.3 Å². The van der Waals surface area contributed by atoms with Gasteiger partial charge in [0.2, 0.25) is 0 Å². The number of hydrogen-bond donors (Lipinski definition) is 1. The molecule has 0 bridgehead atoms. The molecule has 0 saturated carbocycles. The van der Waals surface area contributed by atoms with Gasteiger partial charge in [0.15, 0.2) is 11.5 Å². The second-order valence-electron chi connectivity index (χ2n) is 4.48. The molecule has 0 fully saturated rings. The fourth-order valence-corrected chi connectivity index (χ4v) is 1.68. The van der Waals surface area contributed by atoms with Gasteiger partial charge in [-0.15, -0.1) is 12.4 Å². The average Bonchev–Trinajstić information content (AvgIpc) is 2.42. The molecule has 1 aromatic rings. The Hall–Kier alpha value is -1.46. The number of ether oxygens (including phenoxy) is 2. The summed E-state index contributed by atoms with van der Waals surface area (Å²) in [6, 6.07) is 5.14. The monoisotopic (exact) mass is 302 g/mol. The second kappa shape index (κ2) is 9.44. The summed E-state index contributed by atoms with van der Waals surface area (Å²) in [5, 5.41) is 2.88. The van der Waals surface area contributed by atoms with Gasteiger partial charge in [-0.3, -0.25) is 4.79 Å². The van der Waals surface area contributed by atoms with Crippen LogP contribution in [0.15, 0.2) is 18.2 Å². The van der Waals surface area contributed by atoms with Crippen LogP contribution in [0.5, 0.6) is 11.5 Å². The van der Waals surface area contributed by atoms with Gasteiger partial charge in [-0.2, -0.15) is 0 Å². The number of methoxy groups -OCH3 is 2. The number of nitrogens with zero attached hydrogens (tertiary/aromatic N) is 1. The number of carbonyl (C=O) groups is 1. The third-order valence-corrected chi connectivity index (χ3v) is 2.71. The molecule has 1 aromatic carbocycles. The van der Waals surface area contributed by atoms with Gasteiger partial charge in [-0.1, -0.05) is 0 Å². The van der Waals surface area contributed by atoms with Crippen molar-refractivity contribution in [2.24, 2.45) is 0 Å². The Kier molecular flexibility index (Phi) is 8.76. The summed E-state index contributed by atoms with van der Waals surface area (Å²) < 4.78 is 10.3. The van der Waals surface area contributed by atoms with E-state index in [4.69, 9.17) is 9.47 Å². The van der Waals surface area contributed by atoms with Crippen LogP contribution in [0.1, 0.15) is 16.8 Å². The summed E-state index contributed by atoms with van der Waals surface area (Å²) in [5.74, 6) is 1.08. The van der Waals surface area contributed by atoms with Gasteiger partial charge < -0.3 is 19.7 Å². The Morgan fingerprint density at radius 1 is 1.20 bits per heavy atom. The molecule has 0 aliphatic heterocycles. The molecule has 1 amide bonds. The van der Waals surface area contributed by atoms with E-state index < -0.39 is 0 Å². The van der Waals surface area contributed by atoms with Crippen molar-refractivity contribution in [3.8, 4) is 11.5 Å². The molecule has 0 atom stereocenters. The predicted octanol–water partition coefficient (Wildman–Crippen LogP) is 1.81. The van der Waals surface area contributed by atoms with Crippen molar-refractivity contribution in [3.63, 3.8) is 0 Å². The topological polar surface area (TPSA) is 50.8 Å². The number of rotatable bonds is 7. The van der Waals surface area contributed by atoms with Gasteiger partial charge in [0.1, 0.15) is 0 Å². The normalized spacial score (nSPS) is 9.85. The molecule has 0 aromatic heterocycles. The van der Waals surface area contributed by atoms with Gasteiger partial charge in [0, 0.05) is 12.1 Å². The van der Waals surface area contributed by atoms with Crippen LogP contribution in [0.2, 0.25) is 0 Å². The molecule has 0 aliphatic carbocycles. The maximum absolute atomic E-state index is 11.9. The summed E-state index contributed by atoms with van der Waals surface area (Å²) in [7, 11) is 7.14. The zero-order valence-electron chi connectivity index (χ0n) is 12.4. The Morgan fingerprint density at radius 2 is 1.85 bits per heavy atom. The molecule has 114 valence electrons. The predicted molar refractivity (Wildman–Crippen MR) is 82.3 cm³/mol. The first kappa shape index (κ1) is 18.5. The van der Waals surface area contributed by atoms with Crippen LogP contribution in [-0.4, -0.2) is 52.2 Å². The summed E-state index contributed by atoms with van der Waals surface area (Å²) in [6.45, 7) is 1.61. The summed E-state index contributed by atoms with van der Waals surface area (Å²) in [6.07, 6.45) is 0.923. The summed E-state index contributed by atoms with van der Waals surface area (Å²) in [5.41, 5.74) is 0.572. The highest BCUT2D eigenvalue weighted by Gasteiger charge is 2.10. The van der Waals surface area contributed by atoms with E-state index in [9.17, 15) is 4.79 Å². The first-order chi connectivity index (χ1) is 9.08. The fourth-order valence-electron chi connectivity index (χ4n) is 1.68. The summed E-state index contributed by atoms with van der Waals surface area (Å²) >= 11 is 0. The zero-order chi connectivity index (χ0) is 14.3. The highest BCUT2D eigenvalue weighted by molar-refractivity contribution is 5.94. The van der Waals surface area contributed by atoms with Crippen LogP contribution in [0.25, 0.3) is 0 Å². The van der Waals surface area contributed by atoms with Gasteiger partial charge in [-0.25, -0.2) is 0 Å². The van der Waals surface area contributed by atoms with E-state index in [0.29, 0.717) is 23.6 Å². The average molecular weight is 303 g/mol. The molecule has 20 heavy (non-hydrogen) atoms. The van der Waals surface area contributed by atoms with E-state index in [0.717, 1.165) is 13.0 Å². The quantitative estimate of drug-likeness (QED) is 0.781. The molecular weight excluding hydrogens is 280 g/mol. The van der Waals surface area contributed by atoms with Crippen molar-refractivity contribution in [1.29, 1.82) is 0 Å². The van der Waals surface area contributed by atoms with Crippen molar-refractivity contribution in [1.82, 2.24) is 10.2 Å². The van der Waals surface area contributed by atoms with Crippen molar-refractivity contribution in [2.45, 2.75) is 6.42 Å². The second-order valence-corrected chi connectivity index (χ2v) is 4.48. The molecule has 0 saturated heterocycles. The third kappa shape index (κ3) is 5.67. The lowest BCUT2D eigenvalue weighted by Gasteiger charge is -2.11. The number of nitrogens with one attached hydrogen (secondary N) is 1. The molecule has 1 N–H and O–H groups in total. The highest BCUT2D eigenvalue weighted by Crippen LogP contribution is 2.27. The smallest absolute Gasteiger partial charge is 0.251 e. The van der Waals surface area contributed by atoms with E-state index in [2.05, 4.69) is 10.2 Å². The zero-order valence-corrected chi connectivity index (χ0v) is 13.3. The first-order valence-electron chi connectivity index (χ1n) is 6.23. The maximum Gasteiger partial charge on any atom is 0.251 e. The van der Waals surface area contributed by atoms with Gasteiger partial charge in [-0.05, 0) is 45.3 Å². The van der Waals surface area contributed by atoms with Gasteiger partial charge in [0.25, 0.3) is 5.91 Å². The molecule has 6 heteroatoms. The maximum atomic E-state index is 11.9. The van der Waals surface area contributed by atoms with E-state index in [-0.39, 0.29) is 18.3 Å². The minimum absolute atomic E-state index is 0. The Morgan fingerprint density at radius 3 is 2.40 bits per heavy atom. The molecule has 0 aliphatic rings. The molecule has 0 heterocycles. The van der Waals surface area contributed by atoms with Crippen molar-refractivity contribution in [2.75, 3.05) is 41.4 Å². The van der Waals surface area contributed by atoms with Crippen LogP contribution in [0, 0.1) is 0 Å². The molecule has 5 nitrogen and oxygen atoms in total. The molecule has 0 radical (unpaired) electrons. The lowest BCUT2D eigenvalue weighted by molar-refractivity contribution is 0.0952. The van der Waals surface area contributed by atoms with Crippen LogP contribution in [0.3, 0.4) is 0 Å². The van der Waals surface area contributed by atoms with Crippen LogP contribution >= 0.6 is 12.4 Å². The number of carbonyl (C=O) groups excluding carboxylic acids is 1. The Bertz CT molecular complexity index is 425. The molecular formula is C14H23ClN2O3. The van der Waals surface area contributed by atoms with E-state index in [1.807, 2.05) is 14.1 Å². The number of amides is 1. The van der Waals surface area contributed by atoms with Crippen LogP contribution < -0.4 is 14.8 Å². The molecule has 0 unspecified atom stereocenters. The lowest BCUT2D eigenvalue weighted by atomic mass is 10.2.